The van der Waals surface area contributed by atoms with Gasteiger partial charge in [-0.25, -0.2) is 0 Å². The molecule has 1 aromatic carbocycles. The molecule has 0 bridgehead atoms. The molecule has 80 valence electrons. The highest BCUT2D eigenvalue weighted by Gasteiger charge is 2.14. The number of hydrogen-bond donors (Lipinski definition) is 0. The summed E-state index contributed by atoms with van der Waals surface area (Å²) in [5, 5.41) is 0. The first-order valence-electron chi connectivity index (χ1n) is 5.56. The van der Waals surface area contributed by atoms with Gasteiger partial charge in [0.1, 0.15) is 0 Å². The van der Waals surface area contributed by atoms with Gasteiger partial charge in [0.2, 0.25) is 0 Å². The predicted molar refractivity (Wildman–Crippen MR) is 67.3 cm³/mol. The Bertz CT molecular complexity index is 379. The lowest BCUT2D eigenvalue weighted by Crippen LogP contribution is -2.04. The van der Waals surface area contributed by atoms with Crippen molar-refractivity contribution in [1.82, 2.24) is 0 Å². The minimum atomic E-state index is 0.267. The lowest BCUT2D eigenvalue weighted by atomic mass is 9.85. The first-order valence-corrected chi connectivity index (χ1v) is 5.56. The second-order valence-corrected chi connectivity index (χ2v) is 4.30. The summed E-state index contributed by atoms with van der Waals surface area (Å²) in [6.07, 6.45) is 6.62. The summed E-state index contributed by atoms with van der Waals surface area (Å²) in [5.74, 6) is 3.17. The Kier molecular flexibility index (Phi) is 3.58. The number of hydrogen-bond acceptors (Lipinski definition) is 0. The maximum atomic E-state index is 5.60. The Morgan fingerprint density at radius 3 is 1.93 bits per heavy atom. The largest absolute Gasteiger partial charge is 0.119 e. The minimum Gasteiger partial charge on any atom is -0.119 e. The predicted octanol–water partition coefficient (Wildman–Crippen LogP) is 4.05. The van der Waals surface area contributed by atoms with E-state index in [0.29, 0.717) is 0 Å². The SMILES string of the molecule is C#CC(CC)c1c(C)c(C)cc(C)c1C. The maximum Gasteiger partial charge on any atom is 0.0452 e. The number of aryl methyl sites for hydroxylation is 2. The van der Waals surface area contributed by atoms with Gasteiger partial charge in [0.25, 0.3) is 0 Å². The zero-order chi connectivity index (χ0) is 11.6. The van der Waals surface area contributed by atoms with E-state index in [-0.39, 0.29) is 5.92 Å². The van der Waals surface area contributed by atoms with E-state index < -0.39 is 0 Å². The summed E-state index contributed by atoms with van der Waals surface area (Å²) >= 11 is 0. The van der Waals surface area contributed by atoms with E-state index >= 15 is 0 Å². The van der Waals surface area contributed by atoms with Gasteiger partial charge in [-0.2, -0.15) is 0 Å². The highest BCUT2D eigenvalue weighted by molar-refractivity contribution is 5.48. The van der Waals surface area contributed by atoms with Crippen molar-refractivity contribution in [3.63, 3.8) is 0 Å². The van der Waals surface area contributed by atoms with Crippen molar-refractivity contribution in [3.8, 4) is 12.3 Å². The van der Waals surface area contributed by atoms with Gasteiger partial charge in [-0.1, -0.05) is 18.9 Å². The van der Waals surface area contributed by atoms with E-state index in [0.717, 1.165) is 6.42 Å². The molecule has 1 atom stereocenters. The normalized spacial score (nSPS) is 12.3. The summed E-state index contributed by atoms with van der Waals surface area (Å²) < 4.78 is 0. The third kappa shape index (κ3) is 2.07. The molecule has 1 unspecified atom stereocenters. The molecular weight excluding hydrogens is 180 g/mol. The zero-order valence-electron chi connectivity index (χ0n) is 10.4. The van der Waals surface area contributed by atoms with Crippen LogP contribution < -0.4 is 0 Å². The van der Waals surface area contributed by atoms with Crippen molar-refractivity contribution in [2.75, 3.05) is 0 Å². The Balaban J connectivity index is 3.46. The molecule has 0 N–H and O–H groups in total. The van der Waals surface area contributed by atoms with Gasteiger partial charge in [-0.05, 0) is 61.9 Å². The lowest BCUT2D eigenvalue weighted by molar-refractivity contribution is 0.812. The molecule has 0 spiro atoms. The first kappa shape index (κ1) is 11.9. The summed E-state index contributed by atoms with van der Waals surface area (Å²) in [6.45, 7) is 10.8. The Labute approximate surface area is 93.7 Å². The van der Waals surface area contributed by atoms with Crippen molar-refractivity contribution in [2.24, 2.45) is 0 Å². The van der Waals surface area contributed by atoms with Crippen LogP contribution in [-0.4, -0.2) is 0 Å². The van der Waals surface area contributed by atoms with Gasteiger partial charge in [-0.15, -0.1) is 6.42 Å². The highest BCUT2D eigenvalue weighted by atomic mass is 14.2. The molecule has 0 aromatic heterocycles. The van der Waals surface area contributed by atoms with Crippen LogP contribution in [0.3, 0.4) is 0 Å². The molecule has 15 heavy (non-hydrogen) atoms. The first-order chi connectivity index (χ1) is 7.02. The number of benzene rings is 1. The van der Waals surface area contributed by atoms with Gasteiger partial charge in [0.05, 0.1) is 0 Å². The molecule has 0 heteroatoms. The fourth-order valence-corrected chi connectivity index (χ4v) is 2.18. The number of rotatable bonds is 2. The van der Waals surface area contributed by atoms with Crippen molar-refractivity contribution in [1.29, 1.82) is 0 Å². The lowest BCUT2D eigenvalue weighted by Gasteiger charge is -2.19. The van der Waals surface area contributed by atoms with Crippen LogP contribution in [0.2, 0.25) is 0 Å². The molecule has 0 saturated heterocycles. The van der Waals surface area contributed by atoms with E-state index in [1.165, 1.54) is 27.8 Å². The summed E-state index contributed by atoms with van der Waals surface area (Å²) in [6, 6.07) is 2.25. The molecule has 0 aliphatic carbocycles. The molecule has 0 nitrogen and oxygen atoms in total. The van der Waals surface area contributed by atoms with E-state index in [2.05, 4.69) is 46.6 Å². The van der Waals surface area contributed by atoms with Crippen LogP contribution >= 0.6 is 0 Å². The average molecular weight is 200 g/mol. The van der Waals surface area contributed by atoms with Crippen molar-refractivity contribution in [2.45, 2.75) is 47.0 Å². The molecule has 0 radical (unpaired) electrons. The number of terminal acetylenes is 1. The van der Waals surface area contributed by atoms with Gasteiger partial charge in [0, 0.05) is 5.92 Å². The Morgan fingerprint density at radius 2 is 1.60 bits per heavy atom. The van der Waals surface area contributed by atoms with Crippen molar-refractivity contribution < 1.29 is 0 Å². The fraction of sp³-hybridized carbons (Fsp3) is 0.467. The van der Waals surface area contributed by atoms with Gasteiger partial charge in [-0.3, -0.25) is 0 Å². The van der Waals surface area contributed by atoms with Crippen LogP contribution in [0.1, 0.15) is 47.1 Å². The van der Waals surface area contributed by atoms with Crippen LogP contribution in [0, 0.1) is 40.0 Å². The van der Waals surface area contributed by atoms with E-state index in [1.807, 2.05) is 0 Å². The molecule has 0 fully saturated rings. The van der Waals surface area contributed by atoms with Crippen LogP contribution in [0.5, 0.6) is 0 Å². The quantitative estimate of drug-likeness (QED) is 0.632. The topological polar surface area (TPSA) is 0 Å². The monoisotopic (exact) mass is 200 g/mol. The standard InChI is InChI=1S/C15H20/c1-7-14(8-2)15-12(5)10(3)9-11(4)13(15)6/h1,9,14H,8H2,2-6H3. The molecule has 0 aliphatic heterocycles. The molecule has 1 rings (SSSR count). The molecule has 0 aliphatic rings. The summed E-state index contributed by atoms with van der Waals surface area (Å²) in [5.41, 5.74) is 6.80. The average Bonchev–Trinajstić information content (AvgIpc) is 2.21. The Hall–Kier alpha value is -1.22. The second kappa shape index (κ2) is 4.53. The van der Waals surface area contributed by atoms with Gasteiger partial charge < -0.3 is 0 Å². The Morgan fingerprint density at radius 1 is 1.13 bits per heavy atom. The molecular formula is C15H20. The molecule has 0 amide bonds. The fourth-order valence-electron chi connectivity index (χ4n) is 2.18. The minimum absolute atomic E-state index is 0.267. The smallest absolute Gasteiger partial charge is 0.0452 e. The van der Waals surface area contributed by atoms with Crippen LogP contribution in [0.15, 0.2) is 6.07 Å². The zero-order valence-corrected chi connectivity index (χ0v) is 10.4. The van der Waals surface area contributed by atoms with E-state index in [1.54, 1.807) is 0 Å². The summed E-state index contributed by atoms with van der Waals surface area (Å²) in [7, 11) is 0. The van der Waals surface area contributed by atoms with E-state index in [4.69, 9.17) is 6.42 Å². The van der Waals surface area contributed by atoms with Crippen LogP contribution in [0.4, 0.5) is 0 Å². The maximum absolute atomic E-state index is 5.60. The van der Waals surface area contributed by atoms with Gasteiger partial charge >= 0.3 is 0 Å². The molecule has 0 heterocycles. The van der Waals surface area contributed by atoms with Crippen molar-refractivity contribution in [3.05, 3.63) is 33.9 Å². The van der Waals surface area contributed by atoms with E-state index in [9.17, 15) is 0 Å². The van der Waals surface area contributed by atoms with Crippen molar-refractivity contribution >= 4 is 0 Å². The van der Waals surface area contributed by atoms with Crippen LogP contribution in [-0.2, 0) is 0 Å². The van der Waals surface area contributed by atoms with Gasteiger partial charge in [0.15, 0.2) is 0 Å². The third-order valence-corrected chi connectivity index (χ3v) is 3.38. The molecule has 0 saturated carbocycles. The summed E-state index contributed by atoms with van der Waals surface area (Å²) in [4.78, 5) is 0. The third-order valence-electron chi connectivity index (χ3n) is 3.38. The second-order valence-electron chi connectivity index (χ2n) is 4.30. The van der Waals surface area contributed by atoms with Crippen LogP contribution in [0.25, 0.3) is 0 Å². The highest BCUT2D eigenvalue weighted by Crippen LogP contribution is 2.29. The molecule has 1 aromatic rings.